The molecule has 4 nitrogen and oxygen atoms in total. The minimum Gasteiger partial charge on any atom is -0.396 e. The summed E-state index contributed by atoms with van der Waals surface area (Å²) in [6, 6.07) is 4.97. The SMILES string of the molecule is Cc1cc(C(=O)N2CC[C@@H](N(C)C)[C@@H](CCCO)C2)ccc1F. The highest BCUT2D eigenvalue weighted by molar-refractivity contribution is 5.94. The molecule has 128 valence electrons. The van der Waals surface area contributed by atoms with Gasteiger partial charge < -0.3 is 14.9 Å². The monoisotopic (exact) mass is 322 g/mol. The molecule has 0 radical (unpaired) electrons. The number of nitrogens with zero attached hydrogens (tertiary/aromatic N) is 2. The van der Waals surface area contributed by atoms with E-state index in [0.717, 1.165) is 19.3 Å². The number of piperidine rings is 1. The Morgan fingerprint density at radius 2 is 2.17 bits per heavy atom. The van der Waals surface area contributed by atoms with Gasteiger partial charge in [0.1, 0.15) is 5.82 Å². The number of aryl methyl sites for hydroxylation is 1. The molecule has 0 aliphatic carbocycles. The third kappa shape index (κ3) is 4.30. The van der Waals surface area contributed by atoms with E-state index in [1.54, 1.807) is 19.1 Å². The third-order valence-electron chi connectivity index (χ3n) is 4.78. The second-order valence-corrected chi connectivity index (χ2v) is 6.66. The van der Waals surface area contributed by atoms with Crippen molar-refractivity contribution in [3.63, 3.8) is 0 Å². The second-order valence-electron chi connectivity index (χ2n) is 6.66. The number of hydrogen-bond acceptors (Lipinski definition) is 3. The quantitative estimate of drug-likeness (QED) is 0.905. The summed E-state index contributed by atoms with van der Waals surface area (Å²) in [5.74, 6) is 0.0457. The van der Waals surface area contributed by atoms with Crippen molar-refractivity contribution < 1.29 is 14.3 Å². The van der Waals surface area contributed by atoms with E-state index in [9.17, 15) is 9.18 Å². The first-order valence-electron chi connectivity index (χ1n) is 8.26. The molecule has 1 saturated heterocycles. The summed E-state index contributed by atoms with van der Waals surface area (Å²) in [6.07, 6.45) is 2.59. The standard InChI is InChI=1S/C18H27FN2O2/c1-13-11-14(6-7-16(13)19)18(23)21-9-8-17(20(2)3)15(12-21)5-4-10-22/h6-7,11,15,17,22H,4-5,8-10,12H2,1-3H3/t15-,17+/m0/s1. The normalized spacial score (nSPS) is 21.7. The van der Waals surface area contributed by atoms with Gasteiger partial charge in [-0.2, -0.15) is 0 Å². The summed E-state index contributed by atoms with van der Waals surface area (Å²) >= 11 is 0. The van der Waals surface area contributed by atoms with Crippen LogP contribution in [0.3, 0.4) is 0 Å². The molecule has 0 unspecified atom stereocenters. The summed E-state index contributed by atoms with van der Waals surface area (Å²) in [4.78, 5) is 16.8. The molecule has 1 aromatic rings. The van der Waals surface area contributed by atoms with E-state index in [1.165, 1.54) is 6.07 Å². The zero-order valence-corrected chi connectivity index (χ0v) is 14.3. The molecule has 0 aromatic heterocycles. The number of benzene rings is 1. The van der Waals surface area contributed by atoms with Gasteiger partial charge in [-0.15, -0.1) is 0 Å². The van der Waals surface area contributed by atoms with E-state index in [4.69, 9.17) is 5.11 Å². The first-order chi connectivity index (χ1) is 10.9. The van der Waals surface area contributed by atoms with Gasteiger partial charge in [0.2, 0.25) is 0 Å². The smallest absolute Gasteiger partial charge is 0.253 e. The molecule has 1 aliphatic heterocycles. The summed E-state index contributed by atoms with van der Waals surface area (Å²) < 4.78 is 13.4. The van der Waals surface area contributed by atoms with Gasteiger partial charge >= 0.3 is 0 Å². The highest BCUT2D eigenvalue weighted by Crippen LogP contribution is 2.26. The number of likely N-dealkylation sites (tertiary alicyclic amines) is 1. The number of hydrogen-bond donors (Lipinski definition) is 1. The first kappa shape index (κ1) is 17.9. The number of aliphatic hydroxyl groups excluding tert-OH is 1. The van der Waals surface area contributed by atoms with Gasteiger partial charge in [0, 0.05) is 31.3 Å². The van der Waals surface area contributed by atoms with Crippen molar-refractivity contribution in [3.05, 3.63) is 35.1 Å². The average Bonchev–Trinajstić information content (AvgIpc) is 2.54. The maximum absolute atomic E-state index is 13.4. The zero-order valence-electron chi connectivity index (χ0n) is 14.3. The number of amides is 1. The molecule has 1 amide bonds. The van der Waals surface area contributed by atoms with Crippen LogP contribution < -0.4 is 0 Å². The van der Waals surface area contributed by atoms with E-state index >= 15 is 0 Å². The molecule has 1 N–H and O–H groups in total. The average molecular weight is 322 g/mol. The molecule has 2 atom stereocenters. The van der Waals surface area contributed by atoms with Gasteiger partial charge in [0.25, 0.3) is 5.91 Å². The highest BCUT2D eigenvalue weighted by atomic mass is 19.1. The van der Waals surface area contributed by atoms with Crippen LogP contribution in [0.4, 0.5) is 4.39 Å². The van der Waals surface area contributed by atoms with Crippen molar-refractivity contribution in [3.8, 4) is 0 Å². The lowest BCUT2D eigenvalue weighted by atomic mass is 9.87. The Balaban J connectivity index is 2.10. The van der Waals surface area contributed by atoms with Crippen molar-refractivity contribution in [2.45, 2.75) is 32.2 Å². The summed E-state index contributed by atoms with van der Waals surface area (Å²) in [5.41, 5.74) is 1.05. The van der Waals surface area contributed by atoms with E-state index in [0.29, 0.717) is 36.2 Å². The molecule has 23 heavy (non-hydrogen) atoms. The van der Waals surface area contributed by atoms with Crippen molar-refractivity contribution in [1.29, 1.82) is 0 Å². The Labute approximate surface area is 137 Å². The van der Waals surface area contributed by atoms with E-state index in [-0.39, 0.29) is 18.3 Å². The van der Waals surface area contributed by atoms with Gasteiger partial charge in [-0.25, -0.2) is 4.39 Å². The lowest BCUT2D eigenvalue weighted by Gasteiger charge is -2.41. The minimum absolute atomic E-state index is 0.0284. The molecule has 0 saturated carbocycles. The molecule has 5 heteroatoms. The van der Waals surface area contributed by atoms with Crippen LogP contribution in [0.15, 0.2) is 18.2 Å². The predicted octanol–water partition coefficient (Wildman–Crippen LogP) is 2.30. The van der Waals surface area contributed by atoms with Gasteiger partial charge in [-0.1, -0.05) is 0 Å². The minimum atomic E-state index is -0.284. The number of carbonyl (C=O) groups is 1. The van der Waals surface area contributed by atoms with Crippen molar-refractivity contribution in [1.82, 2.24) is 9.80 Å². The second kappa shape index (κ2) is 7.88. The number of carbonyl (C=O) groups excluding carboxylic acids is 1. The van der Waals surface area contributed by atoms with Crippen LogP contribution in [-0.4, -0.2) is 60.6 Å². The number of halogens is 1. The largest absolute Gasteiger partial charge is 0.396 e. The van der Waals surface area contributed by atoms with E-state index in [2.05, 4.69) is 19.0 Å². The molecule has 1 aromatic carbocycles. The molecular formula is C18H27FN2O2. The molecule has 1 aliphatic rings. The Bertz CT molecular complexity index is 548. The Hall–Kier alpha value is -1.46. The topological polar surface area (TPSA) is 43.8 Å². The van der Waals surface area contributed by atoms with Crippen LogP contribution in [0.1, 0.15) is 35.2 Å². The van der Waals surface area contributed by atoms with E-state index in [1.807, 2.05) is 4.90 Å². The summed E-state index contributed by atoms with van der Waals surface area (Å²) in [7, 11) is 4.13. The lowest BCUT2D eigenvalue weighted by molar-refractivity contribution is 0.0495. The Morgan fingerprint density at radius 3 is 2.78 bits per heavy atom. The van der Waals surface area contributed by atoms with Gasteiger partial charge in [0.15, 0.2) is 0 Å². The summed E-state index contributed by atoms with van der Waals surface area (Å²) in [5, 5.41) is 9.10. The van der Waals surface area contributed by atoms with Gasteiger partial charge in [0.05, 0.1) is 0 Å². The fourth-order valence-electron chi connectivity index (χ4n) is 3.48. The molecule has 2 rings (SSSR count). The highest BCUT2D eigenvalue weighted by Gasteiger charge is 2.32. The van der Waals surface area contributed by atoms with Crippen LogP contribution in [0.5, 0.6) is 0 Å². The third-order valence-corrected chi connectivity index (χ3v) is 4.78. The Morgan fingerprint density at radius 1 is 1.43 bits per heavy atom. The number of aliphatic hydroxyl groups is 1. The van der Waals surface area contributed by atoms with Crippen LogP contribution >= 0.6 is 0 Å². The molecule has 1 heterocycles. The fourth-order valence-corrected chi connectivity index (χ4v) is 3.48. The zero-order chi connectivity index (χ0) is 17.0. The summed E-state index contributed by atoms with van der Waals surface area (Å²) in [6.45, 7) is 3.27. The maximum atomic E-state index is 13.4. The number of rotatable bonds is 5. The molecule has 0 bridgehead atoms. The van der Waals surface area contributed by atoms with Crippen molar-refractivity contribution >= 4 is 5.91 Å². The Kier molecular flexibility index (Phi) is 6.13. The van der Waals surface area contributed by atoms with Crippen LogP contribution in [0, 0.1) is 18.7 Å². The van der Waals surface area contributed by atoms with Gasteiger partial charge in [-0.05, 0) is 70.0 Å². The van der Waals surface area contributed by atoms with Crippen LogP contribution in [0.25, 0.3) is 0 Å². The molecule has 0 spiro atoms. The molecular weight excluding hydrogens is 295 g/mol. The van der Waals surface area contributed by atoms with E-state index < -0.39 is 0 Å². The van der Waals surface area contributed by atoms with Crippen molar-refractivity contribution in [2.24, 2.45) is 5.92 Å². The first-order valence-corrected chi connectivity index (χ1v) is 8.26. The maximum Gasteiger partial charge on any atom is 0.253 e. The van der Waals surface area contributed by atoms with Gasteiger partial charge in [-0.3, -0.25) is 4.79 Å². The van der Waals surface area contributed by atoms with Crippen molar-refractivity contribution in [2.75, 3.05) is 33.8 Å². The van der Waals surface area contributed by atoms with Crippen LogP contribution in [-0.2, 0) is 0 Å². The van der Waals surface area contributed by atoms with Crippen LogP contribution in [0.2, 0.25) is 0 Å². The molecule has 1 fully saturated rings. The lowest BCUT2D eigenvalue weighted by Crippen LogP contribution is -2.50. The fraction of sp³-hybridized carbons (Fsp3) is 0.611. The predicted molar refractivity (Wildman–Crippen MR) is 88.9 cm³/mol.